The fraction of sp³-hybridized carbons (Fsp3) is 0.667. The van der Waals surface area contributed by atoms with Crippen molar-refractivity contribution in [2.45, 2.75) is 26.3 Å². The highest BCUT2D eigenvalue weighted by molar-refractivity contribution is 5.91. The second kappa shape index (κ2) is 4.93. The molecular formula is C9H18N2O. The molecule has 0 aliphatic rings. The van der Waals surface area contributed by atoms with Crippen LogP contribution in [0.1, 0.15) is 20.3 Å². The fourth-order valence-electron chi connectivity index (χ4n) is 0.659. The highest BCUT2D eigenvalue weighted by atomic mass is 16.1. The van der Waals surface area contributed by atoms with Crippen LogP contribution in [-0.4, -0.2) is 30.9 Å². The monoisotopic (exact) mass is 170 g/mol. The van der Waals surface area contributed by atoms with Gasteiger partial charge in [0.25, 0.3) is 0 Å². The van der Waals surface area contributed by atoms with E-state index >= 15 is 0 Å². The first-order chi connectivity index (χ1) is 5.45. The summed E-state index contributed by atoms with van der Waals surface area (Å²) >= 11 is 0. The summed E-state index contributed by atoms with van der Waals surface area (Å²) in [5.74, 6) is -0.332. The Hall–Kier alpha value is -0.830. The van der Waals surface area contributed by atoms with Crippen molar-refractivity contribution in [1.29, 1.82) is 0 Å². The summed E-state index contributed by atoms with van der Waals surface area (Å²) in [6.45, 7) is 3.84. The van der Waals surface area contributed by atoms with Crippen LogP contribution in [0.5, 0.6) is 0 Å². The molecule has 0 bridgehead atoms. The number of nitrogens with zero attached hydrogens (tertiary/aromatic N) is 1. The number of hydrogen-bond acceptors (Lipinski definition) is 2. The lowest BCUT2D eigenvalue weighted by Gasteiger charge is -2.17. The van der Waals surface area contributed by atoms with Gasteiger partial charge in [0.15, 0.2) is 0 Å². The van der Waals surface area contributed by atoms with Gasteiger partial charge in [-0.3, -0.25) is 4.79 Å². The molecule has 1 atom stereocenters. The predicted molar refractivity (Wildman–Crippen MR) is 50.7 cm³/mol. The van der Waals surface area contributed by atoms with E-state index in [0.717, 1.165) is 6.42 Å². The van der Waals surface area contributed by atoms with Gasteiger partial charge in [-0.25, -0.2) is 0 Å². The minimum atomic E-state index is -0.332. The van der Waals surface area contributed by atoms with Crippen LogP contribution in [0.3, 0.4) is 0 Å². The molecule has 12 heavy (non-hydrogen) atoms. The molecule has 0 spiro atoms. The molecule has 0 aromatic rings. The number of amides is 1. The molecule has 0 saturated heterocycles. The maximum absolute atomic E-state index is 10.6. The van der Waals surface area contributed by atoms with Gasteiger partial charge in [0.05, 0.1) is 0 Å². The summed E-state index contributed by atoms with van der Waals surface area (Å²) in [7, 11) is 4.02. The molecule has 1 amide bonds. The number of carbonyl (C=O) groups excluding carboxylic acids is 1. The third kappa shape index (κ3) is 4.13. The lowest BCUT2D eigenvalue weighted by molar-refractivity contribution is -0.114. The topological polar surface area (TPSA) is 46.3 Å². The molecule has 3 nitrogen and oxygen atoms in total. The van der Waals surface area contributed by atoms with E-state index in [0.29, 0.717) is 11.6 Å². The zero-order chi connectivity index (χ0) is 9.72. The summed E-state index contributed by atoms with van der Waals surface area (Å²) in [5, 5.41) is 0. The Labute approximate surface area is 74.2 Å². The van der Waals surface area contributed by atoms with Crippen molar-refractivity contribution in [2.24, 2.45) is 5.73 Å². The van der Waals surface area contributed by atoms with Crippen molar-refractivity contribution < 1.29 is 4.79 Å². The summed E-state index contributed by atoms with van der Waals surface area (Å²) in [6, 6.07) is 0.444. The zero-order valence-electron chi connectivity index (χ0n) is 8.29. The molecule has 0 aliphatic heterocycles. The SMILES string of the molecule is C/C(=C/CC(C)N(C)C)C(N)=O. The highest BCUT2D eigenvalue weighted by Gasteiger charge is 2.03. The molecule has 70 valence electrons. The van der Waals surface area contributed by atoms with Gasteiger partial charge < -0.3 is 10.6 Å². The normalized spacial score (nSPS) is 14.9. The van der Waals surface area contributed by atoms with Gasteiger partial charge in [0, 0.05) is 11.6 Å². The third-order valence-electron chi connectivity index (χ3n) is 2.04. The maximum atomic E-state index is 10.6. The zero-order valence-corrected chi connectivity index (χ0v) is 8.29. The van der Waals surface area contributed by atoms with Crippen LogP contribution in [0.4, 0.5) is 0 Å². The Bertz CT molecular complexity index is 185. The van der Waals surface area contributed by atoms with Crippen molar-refractivity contribution in [1.82, 2.24) is 4.90 Å². The molecule has 0 saturated carbocycles. The lowest BCUT2D eigenvalue weighted by atomic mass is 10.1. The van der Waals surface area contributed by atoms with Crippen molar-refractivity contribution in [2.75, 3.05) is 14.1 Å². The van der Waals surface area contributed by atoms with Crippen LogP contribution in [0.2, 0.25) is 0 Å². The summed E-state index contributed by atoms with van der Waals surface area (Å²) in [5.41, 5.74) is 5.72. The van der Waals surface area contributed by atoms with Crippen LogP contribution < -0.4 is 5.73 Å². The Balaban J connectivity index is 3.96. The first-order valence-electron chi connectivity index (χ1n) is 4.08. The van der Waals surface area contributed by atoms with E-state index < -0.39 is 0 Å². The summed E-state index contributed by atoms with van der Waals surface area (Å²) < 4.78 is 0. The van der Waals surface area contributed by atoms with Crippen molar-refractivity contribution in [3.05, 3.63) is 11.6 Å². The molecule has 0 rings (SSSR count). The van der Waals surface area contributed by atoms with Gasteiger partial charge in [-0.05, 0) is 34.4 Å². The molecule has 0 aliphatic carbocycles. The van der Waals surface area contributed by atoms with Crippen LogP contribution in [0.15, 0.2) is 11.6 Å². The fourth-order valence-corrected chi connectivity index (χ4v) is 0.659. The largest absolute Gasteiger partial charge is 0.366 e. The minimum absolute atomic E-state index is 0.332. The van der Waals surface area contributed by atoms with E-state index in [9.17, 15) is 4.79 Å². The van der Waals surface area contributed by atoms with E-state index in [4.69, 9.17) is 5.73 Å². The van der Waals surface area contributed by atoms with E-state index in [1.807, 2.05) is 20.2 Å². The Morgan fingerprint density at radius 2 is 2.08 bits per heavy atom. The van der Waals surface area contributed by atoms with Crippen LogP contribution in [0, 0.1) is 0 Å². The third-order valence-corrected chi connectivity index (χ3v) is 2.04. The number of hydrogen-bond donors (Lipinski definition) is 1. The van der Waals surface area contributed by atoms with Gasteiger partial charge in [-0.1, -0.05) is 6.08 Å². The van der Waals surface area contributed by atoms with Crippen LogP contribution in [0.25, 0.3) is 0 Å². The molecule has 0 aromatic heterocycles. The van der Waals surface area contributed by atoms with Crippen LogP contribution in [-0.2, 0) is 4.79 Å². The van der Waals surface area contributed by atoms with Crippen molar-refractivity contribution >= 4 is 5.91 Å². The average molecular weight is 170 g/mol. The maximum Gasteiger partial charge on any atom is 0.244 e. The first-order valence-corrected chi connectivity index (χ1v) is 4.08. The molecule has 0 aromatic carbocycles. The first kappa shape index (κ1) is 11.2. The lowest BCUT2D eigenvalue weighted by Crippen LogP contribution is -2.24. The highest BCUT2D eigenvalue weighted by Crippen LogP contribution is 2.02. The predicted octanol–water partition coefficient (Wildman–Crippen LogP) is 0.758. The average Bonchev–Trinajstić information content (AvgIpc) is 1.98. The van der Waals surface area contributed by atoms with Gasteiger partial charge >= 0.3 is 0 Å². The van der Waals surface area contributed by atoms with Crippen molar-refractivity contribution in [3.8, 4) is 0 Å². The Morgan fingerprint density at radius 3 is 2.42 bits per heavy atom. The van der Waals surface area contributed by atoms with Crippen LogP contribution >= 0.6 is 0 Å². The van der Waals surface area contributed by atoms with E-state index in [1.165, 1.54) is 0 Å². The standard InChI is InChI=1S/C9H18N2O/c1-7(9(10)12)5-6-8(2)11(3)4/h5,8H,6H2,1-4H3,(H2,10,12)/b7-5-. The van der Waals surface area contributed by atoms with Gasteiger partial charge in [-0.2, -0.15) is 0 Å². The number of nitrogens with two attached hydrogens (primary N) is 1. The summed E-state index contributed by atoms with van der Waals surface area (Å²) in [4.78, 5) is 12.7. The second-order valence-electron chi connectivity index (χ2n) is 3.30. The molecule has 3 heteroatoms. The molecule has 0 fully saturated rings. The second-order valence-corrected chi connectivity index (χ2v) is 3.30. The van der Waals surface area contributed by atoms with Gasteiger partial charge in [0.2, 0.25) is 5.91 Å². The van der Waals surface area contributed by atoms with Gasteiger partial charge in [-0.15, -0.1) is 0 Å². The summed E-state index contributed by atoms with van der Waals surface area (Å²) in [6.07, 6.45) is 2.74. The molecule has 0 heterocycles. The molecule has 0 radical (unpaired) electrons. The number of rotatable bonds is 4. The van der Waals surface area contributed by atoms with E-state index in [2.05, 4.69) is 11.8 Å². The Kier molecular flexibility index (Phi) is 4.59. The quantitative estimate of drug-likeness (QED) is 0.633. The van der Waals surface area contributed by atoms with Gasteiger partial charge in [0.1, 0.15) is 0 Å². The van der Waals surface area contributed by atoms with Crippen molar-refractivity contribution in [3.63, 3.8) is 0 Å². The number of primary amides is 1. The molecular weight excluding hydrogens is 152 g/mol. The minimum Gasteiger partial charge on any atom is -0.366 e. The molecule has 1 unspecified atom stereocenters. The van der Waals surface area contributed by atoms with E-state index in [1.54, 1.807) is 6.92 Å². The number of carbonyl (C=O) groups is 1. The Morgan fingerprint density at radius 1 is 1.58 bits per heavy atom. The molecule has 2 N–H and O–H groups in total. The van der Waals surface area contributed by atoms with E-state index in [-0.39, 0.29) is 5.91 Å². The smallest absolute Gasteiger partial charge is 0.244 e.